The summed E-state index contributed by atoms with van der Waals surface area (Å²) in [5, 5.41) is 9.45. The summed E-state index contributed by atoms with van der Waals surface area (Å²) in [6.45, 7) is 6.91. The number of hydrogen-bond donors (Lipinski definition) is 1. The van der Waals surface area contributed by atoms with Gasteiger partial charge in [0.2, 0.25) is 0 Å². The lowest BCUT2D eigenvalue weighted by Crippen LogP contribution is -2.06. The van der Waals surface area contributed by atoms with E-state index in [2.05, 4.69) is 12.7 Å². The van der Waals surface area contributed by atoms with Crippen LogP contribution in [0.15, 0.2) is 35.1 Å². The molecule has 2 heteroatoms. The van der Waals surface area contributed by atoms with E-state index in [0.29, 0.717) is 11.1 Å². The van der Waals surface area contributed by atoms with Gasteiger partial charge in [-0.25, -0.2) is 0 Å². The summed E-state index contributed by atoms with van der Waals surface area (Å²) in [7, 11) is 0. The maximum absolute atomic E-state index is 11.4. The number of carbonyl (C=O) groups excluding carboxylic acids is 1. The van der Waals surface area contributed by atoms with Crippen molar-refractivity contribution < 1.29 is 9.90 Å². The summed E-state index contributed by atoms with van der Waals surface area (Å²) in [5.41, 5.74) is 2.19. The quantitative estimate of drug-likeness (QED) is 0.436. The Hall–Kier alpha value is -1.31. The van der Waals surface area contributed by atoms with E-state index in [4.69, 9.17) is 0 Å². The lowest BCUT2D eigenvalue weighted by molar-refractivity contribution is -0.113. The van der Waals surface area contributed by atoms with Gasteiger partial charge in [-0.2, -0.15) is 0 Å². The molecule has 1 N–H and O–H groups in total. The fraction of sp³-hybridized carbons (Fsp3) is 0.462. The fourth-order valence-corrected chi connectivity index (χ4v) is 1.96. The van der Waals surface area contributed by atoms with E-state index in [1.165, 1.54) is 20.3 Å². The molecule has 0 saturated heterocycles. The van der Waals surface area contributed by atoms with Crippen molar-refractivity contribution in [1.82, 2.24) is 0 Å². The molecule has 0 aliphatic heterocycles. The molecule has 0 spiro atoms. The van der Waals surface area contributed by atoms with Crippen LogP contribution >= 0.6 is 0 Å². The molecule has 0 aromatic rings. The van der Waals surface area contributed by atoms with Crippen molar-refractivity contribution >= 4 is 5.78 Å². The molecule has 15 heavy (non-hydrogen) atoms. The van der Waals surface area contributed by atoms with E-state index >= 15 is 0 Å². The average molecular weight is 206 g/mol. The van der Waals surface area contributed by atoms with Gasteiger partial charge < -0.3 is 5.11 Å². The van der Waals surface area contributed by atoms with E-state index in [0.717, 1.165) is 24.8 Å². The Morgan fingerprint density at radius 2 is 2.07 bits per heavy atom. The largest absolute Gasteiger partial charge is 0.512 e. The summed E-state index contributed by atoms with van der Waals surface area (Å²) in [4.78, 5) is 11.4. The van der Waals surface area contributed by atoms with Gasteiger partial charge in [-0.1, -0.05) is 12.7 Å². The molecule has 0 bridgehead atoms. The van der Waals surface area contributed by atoms with Gasteiger partial charge in [-0.3, -0.25) is 4.79 Å². The first kappa shape index (κ1) is 11.8. The van der Waals surface area contributed by atoms with Crippen molar-refractivity contribution in [2.75, 3.05) is 0 Å². The number of aliphatic hydroxyl groups is 1. The summed E-state index contributed by atoms with van der Waals surface area (Å²) in [6.07, 6.45) is 6.47. The first-order valence-corrected chi connectivity index (χ1v) is 5.33. The van der Waals surface area contributed by atoms with Gasteiger partial charge in [0.05, 0.1) is 5.57 Å². The molecule has 2 nitrogen and oxygen atoms in total. The first-order valence-electron chi connectivity index (χ1n) is 5.33. The molecule has 1 aliphatic rings. The van der Waals surface area contributed by atoms with Gasteiger partial charge >= 0.3 is 0 Å². The smallest absolute Gasteiger partial charge is 0.163 e. The second-order valence-electron chi connectivity index (χ2n) is 3.97. The van der Waals surface area contributed by atoms with Crippen LogP contribution in [0.1, 0.15) is 39.5 Å². The maximum Gasteiger partial charge on any atom is 0.163 e. The number of ketones is 1. The van der Waals surface area contributed by atoms with E-state index in [1.54, 1.807) is 0 Å². The minimum Gasteiger partial charge on any atom is -0.512 e. The molecule has 0 amide bonds. The highest BCUT2D eigenvalue weighted by atomic mass is 16.3. The van der Waals surface area contributed by atoms with E-state index in [9.17, 15) is 9.90 Å². The lowest BCUT2D eigenvalue weighted by Gasteiger charge is -2.16. The number of allylic oxidation sites excluding steroid dienone is 5. The van der Waals surface area contributed by atoms with Gasteiger partial charge in [0.25, 0.3) is 0 Å². The Kier molecular flexibility index (Phi) is 3.89. The summed E-state index contributed by atoms with van der Waals surface area (Å²) >= 11 is 0. The zero-order valence-corrected chi connectivity index (χ0v) is 9.47. The van der Waals surface area contributed by atoms with Crippen LogP contribution in [0, 0.1) is 0 Å². The predicted octanol–water partition coefficient (Wildman–Crippen LogP) is 3.46. The third-order valence-corrected chi connectivity index (χ3v) is 2.69. The highest BCUT2D eigenvalue weighted by Gasteiger charge is 2.16. The molecule has 0 fully saturated rings. The Balaban J connectivity index is 2.96. The van der Waals surface area contributed by atoms with Crippen molar-refractivity contribution in [3.05, 3.63) is 35.1 Å². The number of rotatable bonds is 3. The van der Waals surface area contributed by atoms with Crippen LogP contribution in [0.3, 0.4) is 0 Å². The van der Waals surface area contributed by atoms with Gasteiger partial charge in [-0.15, -0.1) is 0 Å². The number of aliphatic hydroxyl groups excluding tert-OH is 1. The molecule has 0 unspecified atom stereocenters. The molecule has 0 saturated carbocycles. The molecule has 82 valence electrons. The van der Waals surface area contributed by atoms with Crippen LogP contribution in [-0.2, 0) is 4.79 Å². The Morgan fingerprint density at radius 3 is 2.47 bits per heavy atom. The lowest BCUT2D eigenvalue weighted by atomic mass is 9.88. The SMILES string of the molecule is C=C(C1=CCCCC1)/C(C(C)=O)=C(/C)O. The molecular formula is C13H18O2. The molecule has 0 heterocycles. The van der Waals surface area contributed by atoms with Crippen molar-refractivity contribution in [3.63, 3.8) is 0 Å². The number of hydrogen-bond acceptors (Lipinski definition) is 2. The van der Waals surface area contributed by atoms with Gasteiger partial charge in [-0.05, 0) is 50.7 Å². The van der Waals surface area contributed by atoms with Crippen molar-refractivity contribution in [3.8, 4) is 0 Å². The summed E-state index contributed by atoms with van der Waals surface area (Å²) in [5.74, 6) is -0.0505. The zero-order chi connectivity index (χ0) is 11.4. The molecule has 0 atom stereocenters. The molecule has 1 rings (SSSR count). The van der Waals surface area contributed by atoms with E-state index < -0.39 is 0 Å². The van der Waals surface area contributed by atoms with Crippen LogP contribution in [0.4, 0.5) is 0 Å². The standard InChI is InChI=1S/C13H18O2/c1-9(12-7-5-4-6-8-12)13(10(2)14)11(3)15/h7,14H,1,4-6,8H2,2-3H3/b13-10+. The van der Waals surface area contributed by atoms with Gasteiger partial charge in [0.1, 0.15) is 5.76 Å². The highest BCUT2D eigenvalue weighted by Crippen LogP contribution is 2.28. The third-order valence-electron chi connectivity index (χ3n) is 2.69. The molecule has 1 aliphatic carbocycles. The number of Topliss-reactive ketones (excluding diaryl/α,β-unsaturated/α-hetero) is 1. The summed E-state index contributed by atoms with van der Waals surface area (Å²) < 4.78 is 0. The second-order valence-corrected chi connectivity index (χ2v) is 3.97. The van der Waals surface area contributed by atoms with Crippen LogP contribution in [0.25, 0.3) is 0 Å². The number of carbonyl (C=O) groups is 1. The second kappa shape index (κ2) is 4.96. The van der Waals surface area contributed by atoms with Crippen LogP contribution in [0.5, 0.6) is 0 Å². The fourth-order valence-electron chi connectivity index (χ4n) is 1.96. The monoisotopic (exact) mass is 206 g/mol. The minimum atomic E-state index is -0.119. The zero-order valence-electron chi connectivity index (χ0n) is 9.47. The van der Waals surface area contributed by atoms with Crippen LogP contribution < -0.4 is 0 Å². The van der Waals surface area contributed by atoms with Crippen LogP contribution in [-0.4, -0.2) is 10.9 Å². The Labute approximate surface area is 91.0 Å². The molecule has 0 radical (unpaired) electrons. The minimum absolute atomic E-state index is 0.0685. The third kappa shape index (κ3) is 2.82. The molecular weight excluding hydrogens is 188 g/mol. The topological polar surface area (TPSA) is 37.3 Å². The molecule has 0 aromatic carbocycles. The Morgan fingerprint density at radius 1 is 1.40 bits per heavy atom. The van der Waals surface area contributed by atoms with Crippen molar-refractivity contribution in [2.45, 2.75) is 39.5 Å². The molecule has 0 aromatic heterocycles. The van der Waals surface area contributed by atoms with Crippen LogP contribution in [0.2, 0.25) is 0 Å². The highest BCUT2D eigenvalue weighted by molar-refractivity contribution is 5.99. The van der Waals surface area contributed by atoms with E-state index in [1.807, 2.05) is 0 Å². The summed E-state index contributed by atoms with van der Waals surface area (Å²) in [6, 6.07) is 0. The van der Waals surface area contributed by atoms with Crippen molar-refractivity contribution in [2.24, 2.45) is 0 Å². The van der Waals surface area contributed by atoms with Gasteiger partial charge in [0, 0.05) is 0 Å². The Bertz CT molecular complexity index is 342. The van der Waals surface area contributed by atoms with Crippen molar-refractivity contribution in [1.29, 1.82) is 0 Å². The van der Waals surface area contributed by atoms with Gasteiger partial charge in [0.15, 0.2) is 5.78 Å². The maximum atomic E-state index is 11.4. The van der Waals surface area contributed by atoms with E-state index in [-0.39, 0.29) is 11.5 Å². The predicted molar refractivity (Wildman–Crippen MR) is 61.7 cm³/mol. The first-order chi connectivity index (χ1) is 7.04. The average Bonchev–Trinajstić information content (AvgIpc) is 2.18. The normalized spacial score (nSPS) is 17.9.